The SMILES string of the molecule is [2H]C([2H])([2H])C(O)(CCCC(C)(CC#CC(O)(C(F)(F)F)C(F)(F)F)[C@H]1CCC2/C(=C/C=C3C[C@@H](O)C[C@H](O)C3)CCC[C@@]21C)C([2H])([2H])[2H]. The summed E-state index contributed by atoms with van der Waals surface area (Å²) in [5.74, 6) is 2.61. The lowest BCUT2D eigenvalue weighted by atomic mass is 9.55. The Balaban J connectivity index is 2.01. The lowest BCUT2D eigenvalue weighted by molar-refractivity contribution is -0.343. The molecule has 4 nitrogen and oxygen atoms in total. The van der Waals surface area contributed by atoms with E-state index >= 15 is 0 Å². The molecule has 0 heterocycles. The van der Waals surface area contributed by atoms with Crippen LogP contribution in [0, 0.1) is 34.5 Å². The van der Waals surface area contributed by atoms with Gasteiger partial charge < -0.3 is 20.4 Å². The number of fused-ring (bicyclic) bond motifs is 1. The predicted octanol–water partition coefficient (Wildman–Crippen LogP) is 7.16. The molecule has 3 aliphatic carbocycles. The van der Waals surface area contributed by atoms with Crippen LogP contribution in [0.4, 0.5) is 26.3 Å². The zero-order valence-electron chi connectivity index (χ0n) is 30.0. The van der Waals surface area contributed by atoms with Crippen LogP contribution in [0.1, 0.15) is 113 Å². The van der Waals surface area contributed by atoms with Crippen LogP contribution in [-0.2, 0) is 0 Å². The number of allylic oxidation sites excluding steroid dienone is 3. The number of hydrogen-bond acceptors (Lipinski definition) is 4. The molecule has 0 aromatic carbocycles. The summed E-state index contributed by atoms with van der Waals surface area (Å²) < 4.78 is 126. The van der Waals surface area contributed by atoms with Crippen LogP contribution < -0.4 is 0 Å². The smallest absolute Gasteiger partial charge is 0.393 e. The molecule has 3 aliphatic rings. The number of halogens is 6. The van der Waals surface area contributed by atoms with Gasteiger partial charge in [-0.2, -0.15) is 26.3 Å². The summed E-state index contributed by atoms with van der Waals surface area (Å²) in [4.78, 5) is 0. The second-order valence-electron chi connectivity index (χ2n) is 13.1. The average molecular weight is 615 g/mol. The van der Waals surface area contributed by atoms with E-state index in [4.69, 9.17) is 8.22 Å². The molecule has 0 spiro atoms. The fourth-order valence-electron chi connectivity index (χ4n) is 7.73. The molecule has 0 radical (unpaired) electrons. The molecule has 6 atom stereocenters. The van der Waals surface area contributed by atoms with Gasteiger partial charge in [-0.15, -0.1) is 0 Å². The minimum atomic E-state index is -6.14. The van der Waals surface area contributed by atoms with Gasteiger partial charge in [-0.05, 0) is 106 Å². The van der Waals surface area contributed by atoms with Gasteiger partial charge in [-0.1, -0.05) is 49.5 Å². The molecule has 2 unspecified atom stereocenters. The lowest BCUT2D eigenvalue weighted by Crippen LogP contribution is -2.55. The van der Waals surface area contributed by atoms with Gasteiger partial charge in [0.1, 0.15) is 0 Å². The van der Waals surface area contributed by atoms with E-state index in [-0.39, 0.29) is 31.1 Å². The summed E-state index contributed by atoms with van der Waals surface area (Å²) in [5.41, 5.74) is -8.09. The van der Waals surface area contributed by atoms with E-state index in [1.165, 1.54) is 0 Å². The van der Waals surface area contributed by atoms with Crippen molar-refractivity contribution in [1.82, 2.24) is 0 Å². The van der Waals surface area contributed by atoms with Crippen molar-refractivity contribution in [3.63, 3.8) is 0 Å². The Morgan fingerprint density at radius 1 is 0.976 bits per heavy atom. The molecule has 0 bridgehead atoms. The maximum atomic E-state index is 13.4. The van der Waals surface area contributed by atoms with Gasteiger partial charge in [0, 0.05) is 14.6 Å². The minimum Gasteiger partial charge on any atom is -0.393 e. The maximum Gasteiger partial charge on any atom is 0.438 e. The summed E-state index contributed by atoms with van der Waals surface area (Å²) in [6, 6.07) is 0. The Hall–Kier alpha value is -1.54. The first-order chi connectivity index (χ1) is 21.6. The van der Waals surface area contributed by atoms with Crippen molar-refractivity contribution in [2.24, 2.45) is 22.7 Å². The molecule has 0 saturated heterocycles. The Kier molecular flexibility index (Phi) is 7.95. The van der Waals surface area contributed by atoms with Crippen LogP contribution in [-0.4, -0.2) is 56.2 Å². The Morgan fingerprint density at radius 2 is 1.60 bits per heavy atom. The van der Waals surface area contributed by atoms with E-state index in [2.05, 4.69) is 0 Å². The maximum absolute atomic E-state index is 13.4. The Morgan fingerprint density at radius 3 is 2.17 bits per heavy atom. The quantitative estimate of drug-likeness (QED) is 0.181. The summed E-state index contributed by atoms with van der Waals surface area (Å²) in [6.07, 6.45) is -6.93. The van der Waals surface area contributed by atoms with E-state index < -0.39 is 73.1 Å². The summed E-state index contributed by atoms with van der Waals surface area (Å²) >= 11 is 0. The molecule has 3 rings (SSSR count). The first-order valence-corrected chi connectivity index (χ1v) is 14.4. The normalized spacial score (nSPS) is 34.5. The highest BCUT2D eigenvalue weighted by molar-refractivity contribution is 5.27. The van der Waals surface area contributed by atoms with E-state index in [0.29, 0.717) is 32.1 Å². The van der Waals surface area contributed by atoms with Crippen LogP contribution in [0.15, 0.2) is 23.3 Å². The first kappa shape index (κ1) is 26.8. The van der Waals surface area contributed by atoms with Crippen LogP contribution in [0.5, 0.6) is 0 Å². The highest BCUT2D eigenvalue weighted by Crippen LogP contribution is 2.63. The zero-order valence-corrected chi connectivity index (χ0v) is 24.0. The highest BCUT2D eigenvalue weighted by Gasteiger charge is 2.70. The van der Waals surface area contributed by atoms with Crippen molar-refractivity contribution >= 4 is 0 Å². The second-order valence-corrected chi connectivity index (χ2v) is 13.1. The van der Waals surface area contributed by atoms with Crippen molar-refractivity contribution in [2.75, 3.05) is 0 Å². The number of alkyl halides is 6. The van der Waals surface area contributed by atoms with E-state index in [1.54, 1.807) is 6.92 Å². The third kappa shape index (κ3) is 7.75. The molecule has 0 aromatic rings. The van der Waals surface area contributed by atoms with Crippen molar-refractivity contribution < 1.29 is 55.0 Å². The van der Waals surface area contributed by atoms with Crippen molar-refractivity contribution in [3.8, 4) is 11.8 Å². The van der Waals surface area contributed by atoms with E-state index in [0.717, 1.165) is 29.9 Å². The van der Waals surface area contributed by atoms with Gasteiger partial charge in [0.2, 0.25) is 0 Å². The molecule has 10 heteroatoms. The molecule has 42 heavy (non-hydrogen) atoms. The summed E-state index contributed by atoms with van der Waals surface area (Å²) in [5, 5.41) is 40.6. The number of aliphatic hydroxyl groups is 4. The van der Waals surface area contributed by atoms with Crippen LogP contribution in [0.25, 0.3) is 0 Å². The van der Waals surface area contributed by atoms with E-state index in [9.17, 15) is 46.8 Å². The molecule has 4 N–H and O–H groups in total. The third-order valence-corrected chi connectivity index (χ3v) is 9.75. The van der Waals surface area contributed by atoms with Gasteiger partial charge in [0.15, 0.2) is 0 Å². The van der Waals surface area contributed by atoms with Crippen molar-refractivity contribution in [2.45, 2.75) is 140 Å². The van der Waals surface area contributed by atoms with Gasteiger partial charge in [0.05, 0.1) is 17.8 Å². The molecular weight excluding hydrogens is 562 g/mol. The van der Waals surface area contributed by atoms with Gasteiger partial charge >= 0.3 is 18.0 Å². The minimum absolute atomic E-state index is 0.0252. The second kappa shape index (κ2) is 12.5. The predicted molar refractivity (Wildman–Crippen MR) is 148 cm³/mol. The molecule has 0 aliphatic heterocycles. The highest BCUT2D eigenvalue weighted by atomic mass is 19.4. The standard InChI is InChI=1S/C32H46F6O4/c1-27(2,41)13-6-14-28(3,15-7-17-30(42,31(33,34)35)32(36,37)38)26-12-11-25-22(8-5-16-29(25,26)4)10-9-21-18-23(39)20-24(40)19-21/h9-10,23-26,39-42H,5-6,8,11-16,18-20H2,1-4H3/b22-10+/t23-,24-,25?,26-,28?,29+/m1/s1/i1D3,2D3. The van der Waals surface area contributed by atoms with Gasteiger partial charge in [-0.3, -0.25) is 0 Å². The average Bonchev–Trinajstić information content (AvgIpc) is 3.27. The molecular formula is C32H46F6O4. The number of hydrogen-bond donors (Lipinski definition) is 4. The van der Waals surface area contributed by atoms with E-state index in [1.807, 2.05) is 25.0 Å². The first-order valence-electron chi connectivity index (χ1n) is 17.4. The fourth-order valence-corrected chi connectivity index (χ4v) is 7.73. The van der Waals surface area contributed by atoms with Crippen molar-refractivity contribution in [3.05, 3.63) is 23.3 Å². The largest absolute Gasteiger partial charge is 0.438 e. The monoisotopic (exact) mass is 614 g/mol. The zero-order chi connectivity index (χ0) is 36.8. The topological polar surface area (TPSA) is 80.9 Å². The fraction of sp³-hybridized carbons (Fsp3) is 0.812. The van der Waals surface area contributed by atoms with Crippen LogP contribution >= 0.6 is 0 Å². The summed E-state index contributed by atoms with van der Waals surface area (Å²) in [6.45, 7) is -3.00. The Bertz CT molecular complexity index is 1240. The van der Waals surface area contributed by atoms with Gasteiger partial charge in [0.25, 0.3) is 0 Å². The number of aliphatic hydroxyl groups excluding tert-OH is 2. The van der Waals surface area contributed by atoms with Crippen LogP contribution in [0.3, 0.4) is 0 Å². The van der Waals surface area contributed by atoms with Gasteiger partial charge in [-0.25, -0.2) is 0 Å². The van der Waals surface area contributed by atoms with Crippen LogP contribution in [0.2, 0.25) is 0 Å². The molecule has 0 aromatic heterocycles. The number of rotatable bonds is 7. The lowest BCUT2D eigenvalue weighted by Gasteiger charge is -2.49. The molecule has 240 valence electrons. The van der Waals surface area contributed by atoms with Crippen molar-refractivity contribution in [1.29, 1.82) is 0 Å². The Labute approximate surface area is 253 Å². The third-order valence-electron chi connectivity index (χ3n) is 9.75. The summed E-state index contributed by atoms with van der Waals surface area (Å²) in [7, 11) is 0. The molecule has 3 fully saturated rings. The molecule has 0 amide bonds. The molecule has 3 saturated carbocycles.